The van der Waals surface area contributed by atoms with Crippen molar-refractivity contribution in [3.05, 3.63) is 88.8 Å². The lowest BCUT2D eigenvalue weighted by Crippen LogP contribution is -2.31. The van der Waals surface area contributed by atoms with E-state index in [9.17, 15) is 19.1 Å². The second-order valence-electron chi connectivity index (χ2n) is 7.51. The van der Waals surface area contributed by atoms with Gasteiger partial charge >= 0.3 is 0 Å². The van der Waals surface area contributed by atoms with Crippen molar-refractivity contribution in [2.45, 2.75) is 13.0 Å². The van der Waals surface area contributed by atoms with Crippen molar-refractivity contribution < 1.29 is 32.8 Å². The standard InChI is InChI=1S/C24H17FN2O6/c1-12-9-18(26-33-12)27-20(13-5-3-7-15(25)10-13)19(22(29)24(27)30)21(28)17-11-14-6-4-8-16(31-2)23(14)32-17/h3-11,20,29H,1-2H3. The Morgan fingerprint density at radius 3 is 2.67 bits per heavy atom. The number of carbonyl (C=O) groups is 2. The SMILES string of the molecule is COc1cccc2cc(C(=O)C3=C(O)C(=O)N(c4cc(C)on4)C3c3cccc(F)c3)oc12. The van der Waals surface area contributed by atoms with E-state index in [0.717, 1.165) is 4.90 Å². The van der Waals surface area contributed by atoms with Crippen LogP contribution in [0.3, 0.4) is 0 Å². The first kappa shape index (κ1) is 20.5. The molecule has 1 amide bonds. The van der Waals surface area contributed by atoms with E-state index in [-0.39, 0.29) is 22.7 Å². The number of halogens is 1. The van der Waals surface area contributed by atoms with Crippen LogP contribution in [0.25, 0.3) is 11.0 Å². The summed E-state index contributed by atoms with van der Waals surface area (Å²) in [5, 5.41) is 15.2. The molecule has 0 fully saturated rings. The third kappa shape index (κ3) is 3.25. The summed E-state index contributed by atoms with van der Waals surface area (Å²) in [6, 6.07) is 12.4. The molecule has 1 unspecified atom stereocenters. The predicted octanol–water partition coefficient (Wildman–Crippen LogP) is 4.66. The molecule has 9 heteroatoms. The first-order chi connectivity index (χ1) is 15.9. The molecule has 4 aromatic rings. The summed E-state index contributed by atoms with van der Waals surface area (Å²) in [5.74, 6) is -2.13. The summed E-state index contributed by atoms with van der Waals surface area (Å²) in [6.45, 7) is 1.63. The molecule has 0 spiro atoms. The Morgan fingerprint density at radius 2 is 1.97 bits per heavy atom. The zero-order valence-corrected chi connectivity index (χ0v) is 17.5. The van der Waals surface area contributed by atoms with Gasteiger partial charge in [-0.3, -0.25) is 14.5 Å². The molecule has 166 valence electrons. The summed E-state index contributed by atoms with van der Waals surface area (Å²) < 4.78 is 30.2. The van der Waals surface area contributed by atoms with Crippen molar-refractivity contribution in [1.29, 1.82) is 0 Å². The lowest BCUT2D eigenvalue weighted by molar-refractivity contribution is -0.117. The summed E-state index contributed by atoms with van der Waals surface area (Å²) in [7, 11) is 1.47. The number of hydrogen-bond acceptors (Lipinski definition) is 7. The van der Waals surface area contributed by atoms with Crippen LogP contribution in [0.4, 0.5) is 10.2 Å². The number of ether oxygens (including phenoxy) is 1. The minimum absolute atomic E-state index is 0.0763. The number of rotatable bonds is 5. The number of carbonyl (C=O) groups excluding carboxylic acids is 2. The maximum Gasteiger partial charge on any atom is 0.295 e. The summed E-state index contributed by atoms with van der Waals surface area (Å²) in [6.07, 6.45) is 0. The second-order valence-corrected chi connectivity index (χ2v) is 7.51. The highest BCUT2D eigenvalue weighted by atomic mass is 19.1. The van der Waals surface area contributed by atoms with Crippen molar-refractivity contribution in [2.75, 3.05) is 12.0 Å². The molecule has 8 nitrogen and oxygen atoms in total. The van der Waals surface area contributed by atoms with Crippen molar-refractivity contribution in [1.82, 2.24) is 5.16 Å². The quantitative estimate of drug-likeness (QED) is 0.443. The fourth-order valence-electron chi connectivity index (χ4n) is 3.97. The van der Waals surface area contributed by atoms with Crippen LogP contribution < -0.4 is 9.64 Å². The van der Waals surface area contributed by atoms with Crippen LogP contribution in [0.15, 0.2) is 74.9 Å². The van der Waals surface area contributed by atoms with E-state index < -0.39 is 29.3 Å². The van der Waals surface area contributed by atoms with Crippen LogP contribution in [0.2, 0.25) is 0 Å². The van der Waals surface area contributed by atoms with E-state index in [4.69, 9.17) is 13.7 Å². The first-order valence-electron chi connectivity index (χ1n) is 9.95. The van der Waals surface area contributed by atoms with Gasteiger partial charge < -0.3 is 18.8 Å². The molecule has 2 aromatic carbocycles. The molecular weight excluding hydrogens is 431 g/mol. The summed E-state index contributed by atoms with van der Waals surface area (Å²) in [5.41, 5.74) is 0.355. The Bertz CT molecular complexity index is 1450. The topological polar surface area (TPSA) is 106 Å². The van der Waals surface area contributed by atoms with E-state index in [0.29, 0.717) is 22.5 Å². The monoisotopic (exact) mass is 448 g/mol. The molecular formula is C24H17FN2O6. The van der Waals surface area contributed by atoms with Crippen LogP contribution in [-0.4, -0.2) is 29.1 Å². The molecule has 1 N–H and O–H groups in total. The molecule has 5 rings (SSSR count). The average molecular weight is 448 g/mol. The molecule has 0 aliphatic carbocycles. The van der Waals surface area contributed by atoms with Crippen molar-refractivity contribution in [2.24, 2.45) is 0 Å². The van der Waals surface area contributed by atoms with E-state index in [1.807, 2.05) is 0 Å². The number of Topliss-reactive ketones (excluding diaryl/α,β-unsaturated/α-hetero) is 1. The summed E-state index contributed by atoms with van der Waals surface area (Å²) in [4.78, 5) is 27.7. The number of furan rings is 1. The molecule has 1 aliphatic rings. The number of benzene rings is 2. The zero-order valence-electron chi connectivity index (χ0n) is 17.5. The number of para-hydroxylation sites is 1. The Balaban J connectivity index is 1.67. The number of anilines is 1. The van der Waals surface area contributed by atoms with Gasteiger partial charge in [-0.05, 0) is 36.8 Å². The molecule has 2 aromatic heterocycles. The van der Waals surface area contributed by atoms with Crippen molar-refractivity contribution in [3.63, 3.8) is 0 Å². The molecule has 1 aliphatic heterocycles. The molecule has 3 heterocycles. The molecule has 0 saturated heterocycles. The van der Waals surface area contributed by atoms with Gasteiger partial charge in [0.1, 0.15) is 11.6 Å². The third-order valence-electron chi connectivity index (χ3n) is 5.43. The Hall–Kier alpha value is -4.40. The van der Waals surface area contributed by atoms with Crippen LogP contribution in [-0.2, 0) is 4.79 Å². The van der Waals surface area contributed by atoms with Gasteiger partial charge in [0.05, 0.1) is 18.7 Å². The minimum atomic E-state index is -1.15. The lowest BCUT2D eigenvalue weighted by Gasteiger charge is -2.24. The maximum absolute atomic E-state index is 14.1. The van der Waals surface area contributed by atoms with Gasteiger partial charge in [-0.15, -0.1) is 0 Å². The normalized spacial score (nSPS) is 16.2. The van der Waals surface area contributed by atoms with Gasteiger partial charge in [0.25, 0.3) is 5.91 Å². The van der Waals surface area contributed by atoms with E-state index in [1.165, 1.54) is 37.4 Å². The Kier molecular flexibility index (Phi) is 4.74. The van der Waals surface area contributed by atoms with Gasteiger partial charge in [-0.25, -0.2) is 4.39 Å². The zero-order chi connectivity index (χ0) is 23.3. The number of aromatic nitrogens is 1. The van der Waals surface area contributed by atoms with Gasteiger partial charge in [0, 0.05) is 11.5 Å². The summed E-state index contributed by atoms with van der Waals surface area (Å²) >= 11 is 0. The fraction of sp³-hybridized carbons (Fsp3) is 0.125. The van der Waals surface area contributed by atoms with Gasteiger partial charge in [0.15, 0.2) is 28.7 Å². The number of fused-ring (bicyclic) bond motifs is 1. The highest BCUT2D eigenvalue weighted by Crippen LogP contribution is 2.42. The van der Waals surface area contributed by atoms with E-state index >= 15 is 0 Å². The van der Waals surface area contributed by atoms with Gasteiger partial charge in [0.2, 0.25) is 5.78 Å². The van der Waals surface area contributed by atoms with Crippen LogP contribution >= 0.6 is 0 Å². The largest absolute Gasteiger partial charge is 0.503 e. The number of ketones is 1. The van der Waals surface area contributed by atoms with Crippen molar-refractivity contribution in [3.8, 4) is 5.75 Å². The molecule has 0 radical (unpaired) electrons. The highest BCUT2D eigenvalue weighted by Gasteiger charge is 2.46. The van der Waals surface area contributed by atoms with Crippen LogP contribution in [0.5, 0.6) is 5.75 Å². The number of aryl methyl sites for hydroxylation is 1. The third-order valence-corrected chi connectivity index (χ3v) is 5.43. The van der Waals surface area contributed by atoms with Gasteiger partial charge in [-0.2, -0.15) is 0 Å². The highest BCUT2D eigenvalue weighted by molar-refractivity contribution is 6.20. The Labute approximate surface area is 186 Å². The second kappa shape index (κ2) is 7.63. The number of aliphatic hydroxyl groups excluding tert-OH is 1. The smallest absolute Gasteiger partial charge is 0.295 e. The number of nitrogens with zero attached hydrogens (tertiary/aromatic N) is 2. The van der Waals surface area contributed by atoms with Gasteiger partial charge in [-0.1, -0.05) is 29.4 Å². The number of hydrogen-bond donors (Lipinski definition) is 1. The average Bonchev–Trinajstić information content (AvgIpc) is 3.49. The molecule has 0 saturated carbocycles. The number of aliphatic hydroxyl groups is 1. The van der Waals surface area contributed by atoms with E-state index in [1.54, 1.807) is 31.2 Å². The number of methoxy groups -OCH3 is 1. The van der Waals surface area contributed by atoms with Crippen molar-refractivity contribution >= 4 is 28.5 Å². The lowest BCUT2D eigenvalue weighted by atomic mass is 9.95. The molecule has 1 atom stereocenters. The van der Waals surface area contributed by atoms with Crippen LogP contribution in [0, 0.1) is 12.7 Å². The first-order valence-corrected chi connectivity index (χ1v) is 9.95. The van der Waals surface area contributed by atoms with E-state index in [2.05, 4.69) is 5.16 Å². The minimum Gasteiger partial charge on any atom is -0.503 e. The molecule has 0 bridgehead atoms. The number of amides is 1. The fourth-order valence-corrected chi connectivity index (χ4v) is 3.97. The van der Waals surface area contributed by atoms with Crippen LogP contribution in [0.1, 0.15) is 27.9 Å². The molecule has 33 heavy (non-hydrogen) atoms. The predicted molar refractivity (Wildman–Crippen MR) is 115 cm³/mol. The Morgan fingerprint density at radius 1 is 1.18 bits per heavy atom. The maximum atomic E-state index is 14.1.